The van der Waals surface area contributed by atoms with Gasteiger partial charge in [0.15, 0.2) is 11.6 Å². The molecular formula is C42H27N7. The number of para-hydroxylation sites is 1. The second-order valence-corrected chi connectivity index (χ2v) is 11.6. The smallest absolute Gasteiger partial charge is 0.238 e. The summed E-state index contributed by atoms with van der Waals surface area (Å²) in [6, 6.07) is 40.8. The van der Waals surface area contributed by atoms with Crippen molar-refractivity contribution in [3.05, 3.63) is 145 Å². The predicted molar refractivity (Wildman–Crippen MR) is 199 cm³/mol. The lowest BCUT2D eigenvalue weighted by Gasteiger charge is -2.19. The Labute approximate surface area is 282 Å². The Hall–Kier alpha value is -6.91. The van der Waals surface area contributed by atoms with Gasteiger partial charge in [-0.2, -0.15) is 9.97 Å². The predicted octanol–water partition coefficient (Wildman–Crippen LogP) is 9.07. The van der Waals surface area contributed by atoms with E-state index in [1.165, 1.54) is 0 Å². The highest BCUT2D eigenvalue weighted by atomic mass is 15.2. The first-order valence-electron chi connectivity index (χ1n) is 16.0. The number of hydrogen-bond donors (Lipinski definition) is 1. The molecule has 0 aliphatic carbocycles. The molecule has 230 valence electrons. The van der Waals surface area contributed by atoms with Gasteiger partial charge in [0.2, 0.25) is 5.95 Å². The van der Waals surface area contributed by atoms with E-state index in [0.717, 1.165) is 66.2 Å². The van der Waals surface area contributed by atoms with E-state index in [1.54, 1.807) is 0 Å². The van der Waals surface area contributed by atoms with Gasteiger partial charge in [0, 0.05) is 51.1 Å². The molecule has 0 saturated heterocycles. The molecule has 0 unspecified atom stereocenters. The summed E-state index contributed by atoms with van der Waals surface area (Å²) in [6.07, 6.45) is 7.56. The van der Waals surface area contributed by atoms with Crippen LogP contribution in [0.3, 0.4) is 0 Å². The molecule has 49 heavy (non-hydrogen) atoms. The standard InChI is InChI=1S/C42H27N7/c1-4-13-29(14-5-1)40-46-41(30-15-6-2-7-16-30)48-42(47-40)49-35-27-44-26-23-34(35)37-33-21-11-10-20-32(33)36(28-17-12-24-43-25-22-28)38(39(37)49)45-31-18-8-3-9-19-31/h1-11,13-16,18-23,25-27,45H,24H2. The summed E-state index contributed by atoms with van der Waals surface area (Å²) in [7, 11) is 0. The highest BCUT2D eigenvalue weighted by Gasteiger charge is 2.26. The van der Waals surface area contributed by atoms with Gasteiger partial charge in [0.05, 0.1) is 22.9 Å². The molecule has 1 aliphatic heterocycles. The van der Waals surface area contributed by atoms with Crippen molar-refractivity contribution in [2.75, 3.05) is 11.9 Å². The van der Waals surface area contributed by atoms with E-state index in [-0.39, 0.29) is 0 Å². The zero-order valence-electron chi connectivity index (χ0n) is 26.2. The Morgan fingerprint density at radius 1 is 0.653 bits per heavy atom. The topological polar surface area (TPSA) is 80.9 Å². The normalized spacial score (nSPS) is 12.4. The number of nitrogens with zero attached hydrogens (tertiary/aromatic N) is 6. The molecule has 3 aromatic heterocycles. The molecule has 0 atom stereocenters. The second kappa shape index (κ2) is 12.0. The van der Waals surface area contributed by atoms with Gasteiger partial charge in [0.1, 0.15) is 6.54 Å². The summed E-state index contributed by atoms with van der Waals surface area (Å²) < 4.78 is 2.12. The first-order chi connectivity index (χ1) is 24.3. The van der Waals surface area contributed by atoms with Crippen LogP contribution in [0.5, 0.6) is 0 Å². The average molecular weight is 630 g/mol. The third-order valence-electron chi connectivity index (χ3n) is 8.66. The number of rotatable bonds is 6. The fourth-order valence-corrected chi connectivity index (χ4v) is 6.54. The summed E-state index contributed by atoms with van der Waals surface area (Å²) in [4.78, 5) is 24.4. The number of hydrogen-bond acceptors (Lipinski definition) is 6. The molecule has 7 heteroatoms. The van der Waals surface area contributed by atoms with E-state index < -0.39 is 0 Å². The van der Waals surface area contributed by atoms with Gasteiger partial charge in [-0.05, 0) is 35.0 Å². The van der Waals surface area contributed by atoms with Crippen LogP contribution in [0.1, 0.15) is 5.56 Å². The number of allylic oxidation sites excluding steroid dienone is 2. The van der Waals surface area contributed by atoms with Crippen molar-refractivity contribution >= 4 is 55.7 Å². The molecule has 0 bridgehead atoms. The summed E-state index contributed by atoms with van der Waals surface area (Å²) >= 11 is 0. The zero-order chi connectivity index (χ0) is 32.6. The van der Waals surface area contributed by atoms with Crippen molar-refractivity contribution in [1.82, 2.24) is 24.5 Å². The van der Waals surface area contributed by atoms with Crippen LogP contribution in [-0.4, -0.2) is 37.3 Å². The minimum Gasteiger partial charge on any atom is -0.353 e. The molecule has 0 spiro atoms. The molecule has 0 radical (unpaired) electrons. The number of aliphatic imine (C=N–C) groups is 1. The van der Waals surface area contributed by atoms with Gasteiger partial charge in [0.25, 0.3) is 0 Å². The summed E-state index contributed by atoms with van der Waals surface area (Å²) in [5.74, 6) is 8.29. The zero-order valence-corrected chi connectivity index (χ0v) is 26.2. The van der Waals surface area contributed by atoms with Gasteiger partial charge < -0.3 is 5.32 Å². The number of anilines is 2. The molecule has 7 nitrogen and oxygen atoms in total. The van der Waals surface area contributed by atoms with Gasteiger partial charge in [-0.15, -0.1) is 0 Å². The second-order valence-electron chi connectivity index (χ2n) is 11.6. The third-order valence-corrected chi connectivity index (χ3v) is 8.66. The van der Waals surface area contributed by atoms with Crippen LogP contribution in [0.2, 0.25) is 0 Å². The number of pyridine rings is 1. The van der Waals surface area contributed by atoms with Crippen molar-refractivity contribution < 1.29 is 0 Å². The van der Waals surface area contributed by atoms with Gasteiger partial charge >= 0.3 is 0 Å². The van der Waals surface area contributed by atoms with E-state index in [1.807, 2.05) is 104 Å². The van der Waals surface area contributed by atoms with Crippen LogP contribution in [-0.2, 0) is 0 Å². The van der Waals surface area contributed by atoms with Crippen LogP contribution in [0.4, 0.5) is 11.4 Å². The largest absolute Gasteiger partial charge is 0.353 e. The molecule has 0 saturated carbocycles. The maximum Gasteiger partial charge on any atom is 0.238 e. The van der Waals surface area contributed by atoms with Gasteiger partial charge in [-0.3, -0.25) is 14.5 Å². The van der Waals surface area contributed by atoms with Crippen molar-refractivity contribution in [2.45, 2.75) is 0 Å². The van der Waals surface area contributed by atoms with E-state index in [0.29, 0.717) is 24.1 Å². The monoisotopic (exact) mass is 629 g/mol. The Morgan fingerprint density at radius 2 is 1.31 bits per heavy atom. The van der Waals surface area contributed by atoms with Crippen LogP contribution in [0.25, 0.3) is 66.9 Å². The fraction of sp³-hybridized carbons (Fsp3) is 0.0238. The van der Waals surface area contributed by atoms with E-state index in [9.17, 15) is 0 Å². The molecule has 0 amide bonds. The molecule has 5 aromatic carbocycles. The van der Waals surface area contributed by atoms with E-state index in [2.05, 4.69) is 74.2 Å². The number of aromatic nitrogens is 5. The molecule has 9 rings (SSSR count). The van der Waals surface area contributed by atoms with Crippen LogP contribution < -0.4 is 5.32 Å². The van der Waals surface area contributed by atoms with Crippen molar-refractivity contribution in [1.29, 1.82) is 0 Å². The molecule has 4 heterocycles. The Bertz CT molecular complexity index is 2590. The molecule has 0 fully saturated rings. The maximum atomic E-state index is 5.18. The summed E-state index contributed by atoms with van der Waals surface area (Å²) in [5.41, 5.74) is 7.26. The fourth-order valence-electron chi connectivity index (χ4n) is 6.54. The molecular weight excluding hydrogens is 603 g/mol. The average Bonchev–Trinajstić information content (AvgIpc) is 3.29. The molecule has 8 aromatic rings. The highest BCUT2D eigenvalue weighted by molar-refractivity contribution is 6.28. The van der Waals surface area contributed by atoms with Gasteiger partial charge in [-0.25, -0.2) is 4.98 Å². The third kappa shape index (κ3) is 5.00. The number of fused-ring (bicyclic) bond motifs is 5. The van der Waals surface area contributed by atoms with Gasteiger partial charge in [-0.1, -0.05) is 115 Å². The first-order valence-corrected chi connectivity index (χ1v) is 16.0. The highest BCUT2D eigenvalue weighted by Crippen LogP contribution is 2.46. The van der Waals surface area contributed by atoms with Crippen molar-refractivity contribution in [2.24, 2.45) is 4.99 Å². The summed E-state index contributed by atoms with van der Waals surface area (Å²) in [5, 5.41) is 8.09. The quantitative estimate of drug-likeness (QED) is 0.186. The lowest BCUT2D eigenvalue weighted by Crippen LogP contribution is -2.08. The lowest BCUT2D eigenvalue weighted by atomic mass is 9.92. The minimum absolute atomic E-state index is 0.447. The first kappa shape index (κ1) is 28.3. The maximum absolute atomic E-state index is 5.18. The van der Waals surface area contributed by atoms with Crippen LogP contribution in [0.15, 0.2) is 145 Å². The molecule has 1 aliphatic rings. The Balaban J connectivity index is 1.47. The van der Waals surface area contributed by atoms with Crippen LogP contribution in [0, 0.1) is 11.8 Å². The van der Waals surface area contributed by atoms with E-state index >= 15 is 0 Å². The van der Waals surface area contributed by atoms with E-state index in [4.69, 9.17) is 15.0 Å². The summed E-state index contributed by atoms with van der Waals surface area (Å²) in [6.45, 7) is 0.447. The Morgan fingerprint density at radius 3 is 2.02 bits per heavy atom. The SMILES string of the molecule is C1#CC(c2c(Nc3ccccc3)c3c(c4ccccc24)c2ccncc2n3-c2nc(-c3ccccc3)nc(-c3ccccc3)n2)=CC=NC1. The minimum atomic E-state index is 0.447. The van der Waals surface area contributed by atoms with Crippen molar-refractivity contribution in [3.8, 4) is 40.6 Å². The number of benzene rings is 5. The number of nitrogens with one attached hydrogen (secondary N) is 1. The van der Waals surface area contributed by atoms with Crippen LogP contribution >= 0.6 is 0 Å². The molecule has 1 N–H and O–H groups in total. The Kier molecular flexibility index (Phi) is 6.95. The van der Waals surface area contributed by atoms with Crippen molar-refractivity contribution in [3.63, 3.8) is 0 Å². The lowest BCUT2D eigenvalue weighted by molar-refractivity contribution is 0.952.